The highest BCUT2D eigenvalue weighted by Crippen LogP contribution is 2.24. The molecule has 1 aliphatic rings. The minimum absolute atomic E-state index is 0.184. The van der Waals surface area contributed by atoms with Crippen molar-refractivity contribution in [3.8, 4) is 0 Å². The number of carbonyl (C=O) groups is 3. The molecule has 6 nitrogen and oxygen atoms in total. The maximum atomic E-state index is 12.6. The molecule has 0 saturated carbocycles. The molecule has 1 fully saturated rings. The van der Waals surface area contributed by atoms with Crippen LogP contribution in [-0.2, 0) is 16.1 Å². The highest BCUT2D eigenvalue weighted by atomic mass is 35.5. The Morgan fingerprint density at radius 3 is 2.62 bits per heavy atom. The van der Waals surface area contributed by atoms with Gasteiger partial charge in [0, 0.05) is 16.6 Å². The second kappa shape index (κ2) is 8.27. The lowest BCUT2D eigenvalue weighted by atomic mass is 9.92. The Morgan fingerprint density at radius 2 is 2.00 bits per heavy atom. The molecular weight excluding hydrogens is 377 g/mol. The summed E-state index contributed by atoms with van der Waals surface area (Å²) < 4.78 is 0. The molecule has 1 aromatic rings. The molecule has 142 valence electrons. The topological polar surface area (TPSA) is 78.5 Å². The van der Waals surface area contributed by atoms with Crippen molar-refractivity contribution in [2.24, 2.45) is 5.92 Å². The van der Waals surface area contributed by atoms with E-state index in [1.165, 1.54) is 0 Å². The highest BCUT2D eigenvalue weighted by molar-refractivity contribution is 6.35. The van der Waals surface area contributed by atoms with E-state index in [2.05, 4.69) is 24.5 Å². The number of imide groups is 1. The third kappa shape index (κ3) is 4.89. The van der Waals surface area contributed by atoms with Crippen LogP contribution < -0.4 is 10.6 Å². The molecule has 1 aromatic carbocycles. The van der Waals surface area contributed by atoms with E-state index in [1.807, 2.05) is 0 Å². The summed E-state index contributed by atoms with van der Waals surface area (Å²) in [4.78, 5) is 37.8. The van der Waals surface area contributed by atoms with Crippen LogP contribution in [0.5, 0.6) is 0 Å². The predicted octanol–water partition coefficient (Wildman–Crippen LogP) is 3.36. The number of benzene rings is 1. The largest absolute Gasteiger partial charge is 0.350 e. The maximum absolute atomic E-state index is 12.6. The molecule has 0 bridgehead atoms. The summed E-state index contributed by atoms with van der Waals surface area (Å²) in [6.07, 6.45) is 1.34. The Kier molecular flexibility index (Phi) is 6.53. The van der Waals surface area contributed by atoms with Gasteiger partial charge in [0.25, 0.3) is 5.91 Å². The van der Waals surface area contributed by atoms with Crippen LogP contribution in [0.25, 0.3) is 0 Å². The fourth-order valence-corrected chi connectivity index (χ4v) is 3.17. The summed E-state index contributed by atoms with van der Waals surface area (Å²) in [6.45, 7) is 5.66. The van der Waals surface area contributed by atoms with E-state index in [0.29, 0.717) is 27.9 Å². The van der Waals surface area contributed by atoms with Crippen molar-refractivity contribution in [2.45, 2.75) is 45.7 Å². The second-order valence-electron chi connectivity index (χ2n) is 7.10. The van der Waals surface area contributed by atoms with E-state index in [0.717, 1.165) is 11.3 Å². The Hall–Kier alpha value is -1.79. The molecule has 1 saturated heterocycles. The molecule has 0 unspecified atom stereocenters. The second-order valence-corrected chi connectivity index (χ2v) is 7.94. The van der Waals surface area contributed by atoms with Crippen molar-refractivity contribution in [3.05, 3.63) is 33.8 Å². The van der Waals surface area contributed by atoms with E-state index in [1.54, 1.807) is 25.1 Å². The molecule has 1 aliphatic heterocycles. The highest BCUT2D eigenvalue weighted by Gasteiger charge is 2.47. The van der Waals surface area contributed by atoms with Crippen LogP contribution >= 0.6 is 23.2 Å². The fourth-order valence-electron chi connectivity index (χ4n) is 2.70. The Bertz CT molecular complexity index is 724. The van der Waals surface area contributed by atoms with Gasteiger partial charge in [0.05, 0.1) is 0 Å². The smallest absolute Gasteiger partial charge is 0.325 e. The third-order valence-electron chi connectivity index (χ3n) is 4.36. The van der Waals surface area contributed by atoms with Crippen LogP contribution in [0.2, 0.25) is 10.0 Å². The first-order chi connectivity index (χ1) is 12.1. The standard InChI is InChI=1S/C18H23Cl2N3O3/c1-11(2)6-7-18(3)16(25)23(17(26)22-18)10-15(24)21-9-12-4-5-13(19)8-14(12)20/h4-5,8,11H,6-7,9-10H2,1-3H3,(H,21,24)(H,22,26)/t18-/m0/s1. The van der Waals surface area contributed by atoms with Gasteiger partial charge in [-0.3, -0.25) is 14.5 Å². The lowest BCUT2D eigenvalue weighted by Crippen LogP contribution is -2.45. The molecule has 0 aliphatic carbocycles. The summed E-state index contributed by atoms with van der Waals surface area (Å²) in [5.41, 5.74) is -0.260. The van der Waals surface area contributed by atoms with Crippen LogP contribution in [0.3, 0.4) is 0 Å². The van der Waals surface area contributed by atoms with Gasteiger partial charge >= 0.3 is 6.03 Å². The molecule has 8 heteroatoms. The van der Waals surface area contributed by atoms with Crippen LogP contribution in [0, 0.1) is 5.92 Å². The number of rotatable bonds is 7. The van der Waals surface area contributed by atoms with Gasteiger partial charge in [-0.25, -0.2) is 4.79 Å². The van der Waals surface area contributed by atoms with Crippen molar-refractivity contribution in [1.29, 1.82) is 0 Å². The Labute approximate surface area is 163 Å². The van der Waals surface area contributed by atoms with E-state index in [-0.39, 0.29) is 19.0 Å². The van der Waals surface area contributed by atoms with Gasteiger partial charge < -0.3 is 10.6 Å². The summed E-state index contributed by atoms with van der Waals surface area (Å²) in [7, 11) is 0. The fraction of sp³-hybridized carbons (Fsp3) is 0.500. The van der Waals surface area contributed by atoms with Crippen molar-refractivity contribution >= 4 is 41.0 Å². The van der Waals surface area contributed by atoms with Crippen molar-refractivity contribution < 1.29 is 14.4 Å². The van der Waals surface area contributed by atoms with Gasteiger partial charge in [-0.2, -0.15) is 0 Å². The molecule has 26 heavy (non-hydrogen) atoms. The minimum Gasteiger partial charge on any atom is -0.350 e. The number of nitrogens with zero attached hydrogens (tertiary/aromatic N) is 1. The number of amides is 4. The molecule has 1 heterocycles. The van der Waals surface area contributed by atoms with Gasteiger partial charge in [0.15, 0.2) is 0 Å². The van der Waals surface area contributed by atoms with Gasteiger partial charge in [0.1, 0.15) is 12.1 Å². The number of carbonyl (C=O) groups excluding carboxylic acids is 3. The van der Waals surface area contributed by atoms with Crippen molar-refractivity contribution in [2.75, 3.05) is 6.54 Å². The number of nitrogens with one attached hydrogen (secondary N) is 2. The Morgan fingerprint density at radius 1 is 1.31 bits per heavy atom. The predicted molar refractivity (Wildman–Crippen MR) is 101 cm³/mol. The maximum Gasteiger partial charge on any atom is 0.325 e. The molecule has 1 atom stereocenters. The SMILES string of the molecule is CC(C)CC[C@]1(C)NC(=O)N(CC(=O)NCc2ccc(Cl)cc2Cl)C1=O. The third-order valence-corrected chi connectivity index (χ3v) is 4.95. The van der Waals surface area contributed by atoms with Crippen LogP contribution in [0.1, 0.15) is 39.2 Å². The summed E-state index contributed by atoms with van der Waals surface area (Å²) in [5, 5.41) is 6.31. The normalized spacial score (nSPS) is 19.8. The average molecular weight is 400 g/mol. The van der Waals surface area contributed by atoms with E-state index >= 15 is 0 Å². The first kappa shape index (κ1) is 20.5. The lowest BCUT2D eigenvalue weighted by molar-refractivity contribution is -0.134. The van der Waals surface area contributed by atoms with E-state index in [9.17, 15) is 14.4 Å². The van der Waals surface area contributed by atoms with Crippen LogP contribution in [-0.4, -0.2) is 34.8 Å². The summed E-state index contributed by atoms with van der Waals surface area (Å²) in [6, 6.07) is 4.43. The van der Waals surface area contributed by atoms with Crippen LogP contribution in [0.4, 0.5) is 4.79 Å². The number of hydrogen-bond donors (Lipinski definition) is 2. The van der Waals surface area contributed by atoms with Crippen molar-refractivity contribution in [1.82, 2.24) is 15.5 Å². The Balaban J connectivity index is 1.93. The molecule has 2 N–H and O–H groups in total. The number of urea groups is 1. The number of halogens is 2. The van der Waals surface area contributed by atoms with E-state index < -0.39 is 17.5 Å². The van der Waals surface area contributed by atoms with Gasteiger partial charge in [-0.1, -0.05) is 43.1 Å². The van der Waals surface area contributed by atoms with E-state index in [4.69, 9.17) is 23.2 Å². The van der Waals surface area contributed by atoms with Gasteiger partial charge in [-0.05, 0) is 43.4 Å². The molecule has 2 rings (SSSR count). The minimum atomic E-state index is -0.957. The zero-order valence-corrected chi connectivity index (χ0v) is 16.6. The first-order valence-electron chi connectivity index (χ1n) is 8.47. The molecular formula is C18H23Cl2N3O3. The molecule has 0 radical (unpaired) electrons. The zero-order valence-electron chi connectivity index (χ0n) is 15.1. The summed E-state index contributed by atoms with van der Waals surface area (Å²) in [5.74, 6) is -0.395. The number of hydrogen-bond acceptors (Lipinski definition) is 3. The summed E-state index contributed by atoms with van der Waals surface area (Å²) >= 11 is 11.9. The van der Waals surface area contributed by atoms with Crippen LogP contribution in [0.15, 0.2) is 18.2 Å². The molecule has 0 spiro atoms. The average Bonchev–Trinajstić information content (AvgIpc) is 2.76. The van der Waals surface area contributed by atoms with Gasteiger partial charge in [-0.15, -0.1) is 0 Å². The van der Waals surface area contributed by atoms with Gasteiger partial charge in [0.2, 0.25) is 5.91 Å². The molecule has 0 aromatic heterocycles. The van der Waals surface area contributed by atoms with Crippen molar-refractivity contribution in [3.63, 3.8) is 0 Å². The monoisotopic (exact) mass is 399 g/mol. The lowest BCUT2D eigenvalue weighted by Gasteiger charge is -2.22. The molecule has 4 amide bonds. The first-order valence-corrected chi connectivity index (χ1v) is 9.22. The quantitative estimate of drug-likeness (QED) is 0.689. The zero-order chi connectivity index (χ0) is 19.5.